The molecule has 34 heavy (non-hydrogen) atoms. The maximum atomic E-state index is 12.2. The molecule has 2 aromatic rings. The normalized spacial score (nSPS) is 19.2. The summed E-state index contributed by atoms with van der Waals surface area (Å²) in [6.45, 7) is 9.53. The summed E-state index contributed by atoms with van der Waals surface area (Å²) in [7, 11) is 0. The lowest BCUT2D eigenvalue weighted by Crippen LogP contribution is -2.41. The van der Waals surface area contributed by atoms with Crippen LogP contribution in [0.15, 0.2) is 23.3 Å². The highest BCUT2D eigenvalue weighted by molar-refractivity contribution is 6.19. The molecule has 4 heterocycles. The Labute approximate surface area is 194 Å². The summed E-state index contributed by atoms with van der Waals surface area (Å²) in [6, 6.07) is 3.65. The van der Waals surface area contributed by atoms with Crippen LogP contribution < -0.4 is 0 Å². The number of aromatic amines is 2. The number of nitrogens with one attached hydrogen (secondary N) is 2. The van der Waals surface area contributed by atoms with Gasteiger partial charge in [-0.15, -0.1) is 0 Å². The zero-order valence-electron chi connectivity index (χ0n) is 19.6. The molecule has 0 amide bonds. The van der Waals surface area contributed by atoms with Crippen LogP contribution in [-0.2, 0) is 38.1 Å². The number of aryl methyl sites for hydroxylation is 2. The van der Waals surface area contributed by atoms with Gasteiger partial charge in [-0.1, -0.05) is 0 Å². The Morgan fingerprint density at radius 1 is 0.618 bits per heavy atom. The number of hydrogen-bond acceptors (Lipinski definition) is 8. The van der Waals surface area contributed by atoms with Gasteiger partial charge in [-0.25, -0.2) is 19.2 Å². The van der Waals surface area contributed by atoms with Crippen LogP contribution in [0, 0.1) is 13.8 Å². The van der Waals surface area contributed by atoms with Gasteiger partial charge in [0.2, 0.25) is 0 Å². The Kier molecular flexibility index (Phi) is 5.27. The second kappa shape index (κ2) is 7.75. The van der Waals surface area contributed by atoms with Crippen LogP contribution in [0.1, 0.15) is 50.2 Å². The van der Waals surface area contributed by atoms with E-state index < -0.39 is 35.5 Å². The third kappa shape index (κ3) is 4.39. The van der Waals surface area contributed by atoms with Crippen molar-refractivity contribution in [2.75, 3.05) is 0 Å². The molecule has 0 aromatic carbocycles. The molecule has 2 saturated heterocycles. The van der Waals surface area contributed by atoms with Gasteiger partial charge < -0.3 is 28.9 Å². The number of hydrogen-bond donors (Lipinski definition) is 2. The molecule has 0 atom stereocenters. The number of cyclic esters (lactones) is 4. The Morgan fingerprint density at radius 3 is 1.21 bits per heavy atom. The lowest BCUT2D eigenvalue weighted by atomic mass is 10.1. The molecule has 2 N–H and O–H groups in total. The van der Waals surface area contributed by atoms with Crippen molar-refractivity contribution in [3.63, 3.8) is 0 Å². The topological polar surface area (TPSA) is 137 Å². The van der Waals surface area contributed by atoms with E-state index in [1.165, 1.54) is 39.8 Å². The second-order valence-electron chi connectivity index (χ2n) is 9.03. The van der Waals surface area contributed by atoms with E-state index in [0.717, 1.165) is 11.1 Å². The number of esters is 4. The van der Waals surface area contributed by atoms with E-state index in [1.54, 1.807) is 0 Å². The Morgan fingerprint density at radius 2 is 0.912 bits per heavy atom. The largest absolute Gasteiger partial charge is 0.419 e. The molecule has 178 valence electrons. The molecule has 0 spiro atoms. The van der Waals surface area contributed by atoms with E-state index in [4.69, 9.17) is 18.9 Å². The first-order valence-electron chi connectivity index (χ1n) is 10.5. The summed E-state index contributed by atoms with van der Waals surface area (Å²) in [5.41, 5.74) is 3.44. The van der Waals surface area contributed by atoms with Crippen LogP contribution in [0.5, 0.6) is 0 Å². The van der Waals surface area contributed by atoms with E-state index in [-0.39, 0.29) is 11.1 Å². The average molecular weight is 468 g/mol. The van der Waals surface area contributed by atoms with Crippen LogP contribution in [0.25, 0.3) is 23.5 Å². The third-order valence-corrected chi connectivity index (χ3v) is 5.21. The summed E-state index contributed by atoms with van der Waals surface area (Å²) in [5.74, 6) is -5.71. The first-order valence-corrected chi connectivity index (χ1v) is 10.5. The lowest BCUT2D eigenvalue weighted by Gasteiger charge is -2.29. The van der Waals surface area contributed by atoms with Gasteiger partial charge in [0.25, 0.3) is 11.6 Å². The van der Waals surface area contributed by atoms with Gasteiger partial charge in [-0.3, -0.25) is 0 Å². The predicted octanol–water partition coefficient (Wildman–Crippen LogP) is 3.07. The van der Waals surface area contributed by atoms with E-state index in [9.17, 15) is 19.2 Å². The van der Waals surface area contributed by atoms with E-state index >= 15 is 0 Å². The third-order valence-electron chi connectivity index (χ3n) is 5.21. The van der Waals surface area contributed by atoms with Crippen LogP contribution in [0.4, 0.5) is 0 Å². The van der Waals surface area contributed by atoms with Gasteiger partial charge in [-0.05, 0) is 49.3 Å². The molecule has 10 nitrogen and oxygen atoms in total. The van der Waals surface area contributed by atoms with Crippen molar-refractivity contribution in [2.45, 2.75) is 53.1 Å². The van der Waals surface area contributed by atoms with Gasteiger partial charge in [0.1, 0.15) is 11.1 Å². The SMILES string of the molecule is Cc1cc(-c2cc(C)c(C=C3C(=O)OC(C)(C)OC3=O)[nH]2)[nH]c1C=C1C(=O)OC(C)(C)OC1=O. The maximum absolute atomic E-state index is 12.2. The fraction of sp³-hybridized carbons (Fsp3) is 0.333. The molecule has 0 bridgehead atoms. The number of rotatable bonds is 3. The van der Waals surface area contributed by atoms with Crippen molar-refractivity contribution in [2.24, 2.45) is 0 Å². The number of carbonyl (C=O) groups is 4. The predicted molar refractivity (Wildman–Crippen MR) is 119 cm³/mol. The molecule has 0 unspecified atom stereocenters. The molecule has 2 aromatic heterocycles. The average Bonchev–Trinajstić information content (AvgIpc) is 3.22. The van der Waals surface area contributed by atoms with Crippen LogP contribution in [0.3, 0.4) is 0 Å². The van der Waals surface area contributed by atoms with Crippen LogP contribution in [-0.4, -0.2) is 45.4 Å². The summed E-state index contributed by atoms with van der Waals surface area (Å²) in [5, 5.41) is 0. The van der Waals surface area contributed by atoms with Gasteiger partial charge in [0.15, 0.2) is 0 Å². The first-order chi connectivity index (χ1) is 15.7. The number of ether oxygens (including phenoxy) is 4. The van der Waals surface area contributed by atoms with E-state index in [2.05, 4.69) is 9.97 Å². The molecular formula is C24H24N2O8. The highest BCUT2D eigenvalue weighted by atomic mass is 16.7. The van der Waals surface area contributed by atoms with Gasteiger partial charge in [0, 0.05) is 39.1 Å². The molecule has 2 fully saturated rings. The van der Waals surface area contributed by atoms with Crippen molar-refractivity contribution in [1.82, 2.24) is 9.97 Å². The van der Waals surface area contributed by atoms with Crippen molar-refractivity contribution in [3.05, 3.63) is 45.8 Å². The monoisotopic (exact) mass is 468 g/mol. The van der Waals surface area contributed by atoms with Crippen molar-refractivity contribution in [3.8, 4) is 11.4 Å². The Bertz CT molecular complexity index is 1160. The minimum absolute atomic E-state index is 0.221. The number of H-pyrrole nitrogens is 2. The highest BCUT2D eigenvalue weighted by Crippen LogP contribution is 2.29. The van der Waals surface area contributed by atoms with Gasteiger partial charge in [-0.2, -0.15) is 0 Å². The van der Waals surface area contributed by atoms with E-state index in [1.807, 2.05) is 26.0 Å². The molecule has 0 radical (unpaired) electrons. The first kappa shape index (κ1) is 23.1. The molecule has 2 aliphatic heterocycles. The minimum Gasteiger partial charge on any atom is -0.419 e. The van der Waals surface area contributed by atoms with Gasteiger partial charge >= 0.3 is 23.9 Å². The summed E-state index contributed by atoms with van der Waals surface area (Å²) < 4.78 is 20.5. The summed E-state index contributed by atoms with van der Waals surface area (Å²) in [6.07, 6.45) is 2.76. The number of aromatic nitrogens is 2. The van der Waals surface area contributed by atoms with Crippen molar-refractivity contribution in [1.29, 1.82) is 0 Å². The quantitative estimate of drug-likeness (QED) is 0.398. The maximum Gasteiger partial charge on any atom is 0.348 e. The minimum atomic E-state index is -1.32. The van der Waals surface area contributed by atoms with Crippen LogP contribution >= 0.6 is 0 Å². The van der Waals surface area contributed by atoms with Crippen molar-refractivity contribution < 1.29 is 38.1 Å². The Hall–Kier alpha value is -4.08. The molecule has 0 aliphatic carbocycles. The number of carbonyl (C=O) groups excluding carboxylic acids is 4. The lowest BCUT2D eigenvalue weighted by molar-refractivity contribution is -0.224. The molecule has 2 aliphatic rings. The molecule has 0 saturated carbocycles. The Balaban J connectivity index is 1.63. The molecule has 10 heteroatoms. The standard InChI is InChI=1S/C24H24N2O8/c1-11-7-17(25-15(11)9-13-19(27)31-23(3,4)32-20(13)28)18-8-12(2)16(26-18)10-14-21(29)33-24(5,6)34-22(14)30/h7-10,25-26H,1-6H3. The fourth-order valence-electron chi connectivity index (χ4n) is 3.58. The molecule has 4 rings (SSSR count). The van der Waals surface area contributed by atoms with Gasteiger partial charge in [0.05, 0.1) is 11.4 Å². The van der Waals surface area contributed by atoms with E-state index in [0.29, 0.717) is 22.8 Å². The fourth-order valence-corrected chi connectivity index (χ4v) is 3.58. The smallest absolute Gasteiger partial charge is 0.348 e. The summed E-state index contributed by atoms with van der Waals surface area (Å²) >= 11 is 0. The zero-order chi connectivity index (χ0) is 25.0. The molecular weight excluding hydrogens is 444 g/mol. The van der Waals surface area contributed by atoms with Crippen molar-refractivity contribution >= 4 is 36.0 Å². The zero-order valence-corrected chi connectivity index (χ0v) is 19.6. The van der Waals surface area contributed by atoms with Crippen LogP contribution in [0.2, 0.25) is 0 Å². The highest BCUT2D eigenvalue weighted by Gasteiger charge is 2.40. The summed E-state index contributed by atoms with van der Waals surface area (Å²) in [4.78, 5) is 55.3. The second-order valence-corrected chi connectivity index (χ2v) is 9.03.